The van der Waals surface area contributed by atoms with Crippen LogP contribution in [-0.2, 0) is 0 Å². The van der Waals surface area contributed by atoms with Crippen LogP contribution < -0.4 is 4.90 Å². The van der Waals surface area contributed by atoms with Gasteiger partial charge in [-0.15, -0.1) is 5.10 Å². The Morgan fingerprint density at radius 2 is 2.05 bits per heavy atom. The Balaban J connectivity index is 1.91. The number of nitrogens with zero attached hydrogens (tertiary/aromatic N) is 6. The second-order valence-electron chi connectivity index (χ2n) is 5.01. The largest absolute Gasteiger partial charge is 0.351 e. The number of hydrogen-bond acceptors (Lipinski definition) is 6. The third-order valence-electron chi connectivity index (χ3n) is 3.36. The van der Waals surface area contributed by atoms with Crippen molar-refractivity contribution in [3.63, 3.8) is 0 Å². The van der Waals surface area contributed by atoms with E-state index in [1.165, 1.54) is 0 Å². The minimum Gasteiger partial charge on any atom is -0.351 e. The molecule has 0 radical (unpaired) electrons. The van der Waals surface area contributed by atoms with Gasteiger partial charge >= 0.3 is 0 Å². The van der Waals surface area contributed by atoms with E-state index in [1.54, 1.807) is 12.3 Å². The zero-order valence-corrected chi connectivity index (χ0v) is 11.6. The average Bonchev–Trinajstić information content (AvgIpc) is 2.45. The van der Waals surface area contributed by atoms with E-state index >= 15 is 0 Å². The van der Waals surface area contributed by atoms with Crippen molar-refractivity contribution in [2.45, 2.75) is 0 Å². The van der Waals surface area contributed by atoms with Crippen molar-refractivity contribution in [3.05, 3.63) is 17.8 Å². The average molecular weight is 260 g/mol. The Morgan fingerprint density at radius 3 is 2.68 bits per heavy atom. The molecule has 102 valence electrons. The maximum atomic E-state index is 9.09. The van der Waals surface area contributed by atoms with Crippen LogP contribution in [0, 0.1) is 11.3 Å². The van der Waals surface area contributed by atoms with E-state index in [0.29, 0.717) is 5.56 Å². The van der Waals surface area contributed by atoms with Crippen LogP contribution in [0.1, 0.15) is 5.56 Å². The third kappa shape index (κ3) is 3.63. The fraction of sp³-hybridized carbons (Fsp3) is 0.615. The van der Waals surface area contributed by atoms with E-state index in [0.717, 1.165) is 45.1 Å². The topological polar surface area (TPSA) is 59.3 Å². The minimum atomic E-state index is 0.608. The van der Waals surface area contributed by atoms with Gasteiger partial charge in [-0.05, 0) is 20.2 Å². The zero-order valence-electron chi connectivity index (χ0n) is 11.6. The predicted molar refractivity (Wildman–Crippen MR) is 74.0 cm³/mol. The van der Waals surface area contributed by atoms with Gasteiger partial charge in [-0.2, -0.15) is 10.4 Å². The number of likely N-dealkylation sites (N-methyl/N-ethyl adjacent to an activating group) is 1. The van der Waals surface area contributed by atoms with E-state index in [4.69, 9.17) is 5.26 Å². The van der Waals surface area contributed by atoms with Crippen LogP contribution in [0.2, 0.25) is 0 Å². The Morgan fingerprint density at radius 1 is 1.32 bits per heavy atom. The first kappa shape index (κ1) is 13.7. The lowest BCUT2D eigenvalue weighted by Gasteiger charge is -2.35. The van der Waals surface area contributed by atoms with Crippen LogP contribution in [0.15, 0.2) is 12.3 Å². The van der Waals surface area contributed by atoms with Crippen molar-refractivity contribution in [3.8, 4) is 6.07 Å². The molecule has 1 aliphatic heterocycles. The van der Waals surface area contributed by atoms with Gasteiger partial charge in [0.2, 0.25) is 0 Å². The highest BCUT2D eigenvalue weighted by Gasteiger charge is 2.20. The normalized spacial score (nSPS) is 16.6. The van der Waals surface area contributed by atoms with Crippen LogP contribution in [-0.4, -0.2) is 73.4 Å². The molecule has 0 unspecified atom stereocenters. The number of piperazine rings is 1. The summed E-state index contributed by atoms with van der Waals surface area (Å²) in [5, 5.41) is 17.1. The van der Waals surface area contributed by atoms with E-state index in [1.807, 2.05) is 0 Å². The molecule has 0 aromatic carbocycles. The quantitative estimate of drug-likeness (QED) is 0.761. The fourth-order valence-electron chi connectivity index (χ4n) is 2.17. The molecule has 0 saturated carbocycles. The third-order valence-corrected chi connectivity index (χ3v) is 3.36. The highest BCUT2D eigenvalue weighted by molar-refractivity contribution is 5.52. The van der Waals surface area contributed by atoms with Crippen LogP contribution in [0.3, 0.4) is 0 Å². The molecule has 1 fully saturated rings. The van der Waals surface area contributed by atoms with Crippen molar-refractivity contribution in [2.24, 2.45) is 0 Å². The summed E-state index contributed by atoms with van der Waals surface area (Å²) >= 11 is 0. The number of anilines is 1. The monoisotopic (exact) mass is 260 g/mol. The Bertz CT molecular complexity index is 445. The first-order chi connectivity index (χ1) is 9.20. The number of hydrogen-bond donors (Lipinski definition) is 0. The first-order valence-electron chi connectivity index (χ1n) is 6.54. The molecular formula is C13H20N6. The lowest BCUT2D eigenvalue weighted by atomic mass is 10.2. The Kier molecular flexibility index (Phi) is 4.66. The lowest BCUT2D eigenvalue weighted by molar-refractivity contribution is 0.229. The van der Waals surface area contributed by atoms with Gasteiger partial charge in [-0.1, -0.05) is 0 Å². The van der Waals surface area contributed by atoms with Gasteiger partial charge in [0, 0.05) is 39.3 Å². The van der Waals surface area contributed by atoms with Gasteiger partial charge < -0.3 is 9.80 Å². The van der Waals surface area contributed by atoms with Crippen LogP contribution in [0.4, 0.5) is 5.82 Å². The molecular weight excluding hydrogens is 240 g/mol. The van der Waals surface area contributed by atoms with Gasteiger partial charge in [-0.3, -0.25) is 4.90 Å². The predicted octanol–water partition coefficient (Wildman–Crippen LogP) is 0.0319. The van der Waals surface area contributed by atoms with Gasteiger partial charge in [0.05, 0.1) is 11.8 Å². The minimum absolute atomic E-state index is 0.608. The smallest absolute Gasteiger partial charge is 0.169 e. The molecule has 1 aromatic rings. The van der Waals surface area contributed by atoms with Crippen LogP contribution in [0.5, 0.6) is 0 Å². The van der Waals surface area contributed by atoms with Crippen LogP contribution >= 0.6 is 0 Å². The molecule has 0 amide bonds. The van der Waals surface area contributed by atoms with E-state index < -0.39 is 0 Å². The van der Waals surface area contributed by atoms with E-state index in [9.17, 15) is 0 Å². The Hall–Kier alpha value is -1.71. The van der Waals surface area contributed by atoms with Crippen molar-refractivity contribution in [2.75, 3.05) is 58.3 Å². The molecule has 1 aliphatic rings. The molecule has 1 aromatic heterocycles. The highest BCUT2D eigenvalue weighted by Crippen LogP contribution is 2.16. The zero-order chi connectivity index (χ0) is 13.7. The van der Waals surface area contributed by atoms with E-state index in [2.05, 4.69) is 45.1 Å². The van der Waals surface area contributed by atoms with Crippen molar-refractivity contribution in [1.29, 1.82) is 5.26 Å². The standard InChI is InChI=1S/C13H20N6/c1-17(2)5-6-18-7-9-19(10-8-18)13-12(11-14)3-4-15-16-13/h3-4H,5-10H2,1-2H3. The summed E-state index contributed by atoms with van der Waals surface area (Å²) in [6.45, 7) is 5.99. The summed E-state index contributed by atoms with van der Waals surface area (Å²) in [6.07, 6.45) is 1.56. The SMILES string of the molecule is CN(C)CCN1CCN(c2nnccc2C#N)CC1. The maximum Gasteiger partial charge on any atom is 0.169 e. The van der Waals surface area contributed by atoms with Crippen molar-refractivity contribution >= 4 is 5.82 Å². The summed E-state index contributed by atoms with van der Waals surface area (Å²) in [4.78, 5) is 6.79. The summed E-state index contributed by atoms with van der Waals surface area (Å²) in [5.41, 5.74) is 0.608. The van der Waals surface area contributed by atoms with Gasteiger partial charge in [0.25, 0.3) is 0 Å². The van der Waals surface area contributed by atoms with Crippen molar-refractivity contribution < 1.29 is 0 Å². The molecule has 0 N–H and O–H groups in total. The highest BCUT2D eigenvalue weighted by atomic mass is 15.3. The Labute approximate surface area is 114 Å². The molecule has 0 spiro atoms. The molecule has 2 heterocycles. The second kappa shape index (κ2) is 6.45. The maximum absolute atomic E-state index is 9.09. The number of nitriles is 1. The van der Waals surface area contributed by atoms with Gasteiger partial charge in [-0.25, -0.2) is 0 Å². The summed E-state index contributed by atoms with van der Waals surface area (Å²) in [5.74, 6) is 0.720. The molecule has 6 nitrogen and oxygen atoms in total. The molecule has 0 atom stereocenters. The van der Waals surface area contributed by atoms with Crippen molar-refractivity contribution in [1.82, 2.24) is 20.0 Å². The molecule has 2 rings (SSSR count). The second-order valence-corrected chi connectivity index (χ2v) is 5.01. The molecule has 19 heavy (non-hydrogen) atoms. The first-order valence-corrected chi connectivity index (χ1v) is 6.54. The number of aromatic nitrogens is 2. The summed E-state index contributed by atoms with van der Waals surface area (Å²) in [6, 6.07) is 3.90. The fourth-order valence-corrected chi connectivity index (χ4v) is 2.17. The van der Waals surface area contributed by atoms with E-state index in [-0.39, 0.29) is 0 Å². The molecule has 6 heteroatoms. The summed E-state index contributed by atoms with van der Waals surface area (Å²) < 4.78 is 0. The number of rotatable bonds is 4. The molecule has 1 saturated heterocycles. The summed E-state index contributed by atoms with van der Waals surface area (Å²) in [7, 11) is 4.18. The van der Waals surface area contributed by atoms with Gasteiger partial charge in [0.15, 0.2) is 5.82 Å². The lowest BCUT2D eigenvalue weighted by Crippen LogP contribution is -2.48. The molecule has 0 bridgehead atoms. The van der Waals surface area contributed by atoms with Crippen LogP contribution in [0.25, 0.3) is 0 Å². The molecule has 0 aliphatic carbocycles. The van der Waals surface area contributed by atoms with Gasteiger partial charge in [0.1, 0.15) is 6.07 Å².